The Balaban J connectivity index is 2.01. The van der Waals surface area contributed by atoms with E-state index in [2.05, 4.69) is 4.72 Å². The van der Waals surface area contributed by atoms with Crippen LogP contribution in [0, 0.1) is 6.92 Å². The lowest BCUT2D eigenvalue weighted by Gasteiger charge is -2.09. The summed E-state index contributed by atoms with van der Waals surface area (Å²) in [6.07, 6.45) is 0.578. The van der Waals surface area contributed by atoms with Gasteiger partial charge < -0.3 is 4.74 Å². The van der Waals surface area contributed by atoms with Gasteiger partial charge in [0, 0.05) is 6.54 Å². The standard InChI is InChI=1S/C16H19NO3S/c1-13-7-9-15(10-8-13)21(18,19)17-12-11-14-5-3-4-6-16(14)20-2/h3-10,17H,11-12H2,1-2H3. The minimum Gasteiger partial charge on any atom is -0.496 e. The molecule has 4 nitrogen and oxygen atoms in total. The van der Waals surface area contributed by atoms with E-state index in [9.17, 15) is 8.42 Å². The van der Waals surface area contributed by atoms with E-state index in [4.69, 9.17) is 4.74 Å². The highest BCUT2D eigenvalue weighted by Crippen LogP contribution is 2.17. The van der Waals surface area contributed by atoms with Crippen molar-refractivity contribution >= 4 is 10.0 Å². The number of ether oxygens (including phenoxy) is 1. The zero-order valence-corrected chi connectivity index (χ0v) is 13.0. The number of sulfonamides is 1. The molecule has 0 unspecified atom stereocenters. The summed E-state index contributed by atoms with van der Waals surface area (Å²) in [6, 6.07) is 14.4. The normalized spacial score (nSPS) is 11.3. The molecule has 0 aliphatic carbocycles. The maximum Gasteiger partial charge on any atom is 0.240 e. The summed E-state index contributed by atoms with van der Waals surface area (Å²) in [5.74, 6) is 0.770. The maximum atomic E-state index is 12.1. The first-order valence-electron chi connectivity index (χ1n) is 6.71. The molecule has 0 fully saturated rings. The van der Waals surface area contributed by atoms with Crippen LogP contribution in [0.5, 0.6) is 5.75 Å². The van der Waals surface area contributed by atoms with Crippen LogP contribution < -0.4 is 9.46 Å². The van der Waals surface area contributed by atoms with Gasteiger partial charge >= 0.3 is 0 Å². The Hall–Kier alpha value is -1.85. The summed E-state index contributed by atoms with van der Waals surface area (Å²) in [7, 11) is -1.85. The van der Waals surface area contributed by atoms with Crippen molar-refractivity contribution in [1.29, 1.82) is 0 Å². The van der Waals surface area contributed by atoms with E-state index < -0.39 is 10.0 Å². The second-order valence-corrected chi connectivity index (χ2v) is 6.54. The van der Waals surface area contributed by atoms with E-state index in [0.29, 0.717) is 13.0 Å². The van der Waals surface area contributed by atoms with Crippen LogP contribution in [0.4, 0.5) is 0 Å². The highest BCUT2D eigenvalue weighted by molar-refractivity contribution is 7.89. The molecule has 1 N–H and O–H groups in total. The number of hydrogen-bond donors (Lipinski definition) is 1. The van der Waals surface area contributed by atoms with Gasteiger partial charge in [-0.1, -0.05) is 35.9 Å². The number of nitrogens with one attached hydrogen (secondary N) is 1. The zero-order valence-electron chi connectivity index (χ0n) is 12.2. The molecule has 21 heavy (non-hydrogen) atoms. The van der Waals surface area contributed by atoms with Crippen LogP contribution in [0.2, 0.25) is 0 Å². The van der Waals surface area contributed by atoms with Crippen molar-refractivity contribution in [2.75, 3.05) is 13.7 Å². The van der Waals surface area contributed by atoms with Crippen molar-refractivity contribution in [3.63, 3.8) is 0 Å². The van der Waals surface area contributed by atoms with E-state index in [1.54, 1.807) is 31.4 Å². The Morgan fingerprint density at radius 2 is 1.71 bits per heavy atom. The van der Waals surface area contributed by atoms with Crippen LogP contribution in [0.25, 0.3) is 0 Å². The van der Waals surface area contributed by atoms with Crippen molar-refractivity contribution in [1.82, 2.24) is 4.72 Å². The van der Waals surface area contributed by atoms with Gasteiger partial charge in [0.25, 0.3) is 0 Å². The minimum absolute atomic E-state index is 0.285. The molecule has 2 rings (SSSR count). The number of aryl methyl sites for hydroxylation is 1. The fraction of sp³-hybridized carbons (Fsp3) is 0.250. The molecule has 0 bridgehead atoms. The van der Waals surface area contributed by atoms with Crippen LogP contribution in [-0.2, 0) is 16.4 Å². The third-order valence-corrected chi connectivity index (χ3v) is 4.69. The van der Waals surface area contributed by atoms with Crippen molar-refractivity contribution in [3.8, 4) is 5.75 Å². The Labute approximate surface area is 125 Å². The van der Waals surface area contributed by atoms with Gasteiger partial charge in [-0.3, -0.25) is 0 Å². The predicted octanol–water partition coefficient (Wildman–Crippen LogP) is 2.52. The van der Waals surface area contributed by atoms with Crippen molar-refractivity contribution in [2.24, 2.45) is 0 Å². The van der Waals surface area contributed by atoms with Gasteiger partial charge in [0.1, 0.15) is 5.75 Å². The molecule has 0 radical (unpaired) electrons. The van der Waals surface area contributed by atoms with Crippen LogP contribution >= 0.6 is 0 Å². The summed E-state index contributed by atoms with van der Waals surface area (Å²) in [6.45, 7) is 2.25. The largest absolute Gasteiger partial charge is 0.496 e. The quantitative estimate of drug-likeness (QED) is 0.892. The van der Waals surface area contributed by atoms with Crippen LogP contribution in [0.15, 0.2) is 53.4 Å². The Kier molecular flexibility index (Phi) is 4.98. The fourth-order valence-electron chi connectivity index (χ4n) is 2.03. The van der Waals surface area contributed by atoms with Gasteiger partial charge in [0.2, 0.25) is 10.0 Å². The number of methoxy groups -OCH3 is 1. The van der Waals surface area contributed by atoms with Gasteiger partial charge in [0.05, 0.1) is 12.0 Å². The molecule has 2 aromatic carbocycles. The molecule has 0 spiro atoms. The topological polar surface area (TPSA) is 55.4 Å². The molecule has 0 heterocycles. The van der Waals surface area contributed by atoms with Gasteiger partial charge in [-0.25, -0.2) is 13.1 Å². The van der Waals surface area contributed by atoms with Crippen molar-refractivity contribution in [2.45, 2.75) is 18.2 Å². The van der Waals surface area contributed by atoms with Crippen LogP contribution in [0.3, 0.4) is 0 Å². The highest BCUT2D eigenvalue weighted by Gasteiger charge is 2.13. The molecule has 0 saturated heterocycles. The first kappa shape index (κ1) is 15.5. The predicted molar refractivity (Wildman–Crippen MR) is 83.1 cm³/mol. The average molecular weight is 305 g/mol. The minimum atomic E-state index is -3.46. The molecule has 0 aromatic heterocycles. The second kappa shape index (κ2) is 6.74. The smallest absolute Gasteiger partial charge is 0.240 e. The summed E-state index contributed by atoms with van der Waals surface area (Å²) in [4.78, 5) is 0.285. The number of rotatable bonds is 6. The maximum absolute atomic E-state index is 12.1. The fourth-order valence-corrected chi connectivity index (χ4v) is 3.06. The van der Waals surface area contributed by atoms with Crippen LogP contribution in [0.1, 0.15) is 11.1 Å². The first-order valence-corrected chi connectivity index (χ1v) is 8.19. The summed E-state index contributed by atoms with van der Waals surface area (Å²) in [5, 5.41) is 0. The lowest BCUT2D eigenvalue weighted by atomic mass is 10.1. The molecule has 2 aromatic rings. The Bertz CT molecular complexity index is 694. The van der Waals surface area contributed by atoms with Crippen LogP contribution in [-0.4, -0.2) is 22.1 Å². The average Bonchev–Trinajstić information content (AvgIpc) is 2.48. The Morgan fingerprint density at radius 1 is 1.05 bits per heavy atom. The lowest BCUT2D eigenvalue weighted by Crippen LogP contribution is -2.26. The molecule has 0 amide bonds. The SMILES string of the molecule is COc1ccccc1CCNS(=O)(=O)c1ccc(C)cc1. The lowest BCUT2D eigenvalue weighted by molar-refractivity contribution is 0.409. The summed E-state index contributed by atoms with van der Waals surface area (Å²) < 4.78 is 32.2. The van der Waals surface area contributed by atoms with E-state index in [-0.39, 0.29) is 4.90 Å². The molecule has 5 heteroatoms. The number of hydrogen-bond acceptors (Lipinski definition) is 3. The first-order chi connectivity index (χ1) is 10.0. The summed E-state index contributed by atoms with van der Waals surface area (Å²) in [5.41, 5.74) is 2.01. The molecule has 0 saturated carbocycles. The zero-order chi connectivity index (χ0) is 15.3. The Morgan fingerprint density at radius 3 is 2.38 bits per heavy atom. The number of benzene rings is 2. The summed E-state index contributed by atoms with van der Waals surface area (Å²) >= 11 is 0. The van der Waals surface area contributed by atoms with Gasteiger partial charge in [-0.2, -0.15) is 0 Å². The van der Waals surface area contributed by atoms with E-state index in [1.165, 1.54) is 0 Å². The third kappa shape index (κ3) is 4.06. The third-order valence-electron chi connectivity index (χ3n) is 3.21. The molecular weight excluding hydrogens is 286 g/mol. The second-order valence-electron chi connectivity index (χ2n) is 4.77. The van der Waals surface area contributed by atoms with Gasteiger partial charge in [0.15, 0.2) is 0 Å². The van der Waals surface area contributed by atoms with E-state index in [1.807, 2.05) is 31.2 Å². The van der Waals surface area contributed by atoms with E-state index >= 15 is 0 Å². The van der Waals surface area contributed by atoms with Gasteiger partial charge in [-0.05, 0) is 37.1 Å². The molecular formula is C16H19NO3S. The van der Waals surface area contributed by atoms with E-state index in [0.717, 1.165) is 16.9 Å². The number of para-hydroxylation sites is 1. The van der Waals surface area contributed by atoms with Crippen molar-refractivity contribution in [3.05, 3.63) is 59.7 Å². The van der Waals surface area contributed by atoms with Crippen molar-refractivity contribution < 1.29 is 13.2 Å². The molecule has 0 atom stereocenters. The molecule has 0 aliphatic rings. The molecule has 112 valence electrons. The van der Waals surface area contributed by atoms with Gasteiger partial charge in [-0.15, -0.1) is 0 Å². The monoisotopic (exact) mass is 305 g/mol. The molecule has 0 aliphatic heterocycles. The highest BCUT2D eigenvalue weighted by atomic mass is 32.2.